The van der Waals surface area contributed by atoms with Crippen LogP contribution in [0.5, 0.6) is 0 Å². The highest BCUT2D eigenvalue weighted by atomic mass is 32.3. The van der Waals surface area contributed by atoms with Crippen LogP contribution >= 0.6 is 10.0 Å². The number of anilines is 1. The van der Waals surface area contributed by atoms with Gasteiger partial charge in [0.1, 0.15) is 11.9 Å². The van der Waals surface area contributed by atoms with E-state index in [9.17, 15) is 18.6 Å². The SMILES string of the molecule is CS(C)(C)c1cccc(-c2cc3nccc(N[C@@H]4C[C@H](COS(N)(=O)=O)[C@@H](O)[C@H]4O)n3n2)c1. The second-order valence-corrected chi connectivity index (χ2v) is 14.4. The number of nitrogens with zero attached hydrogens (tertiary/aromatic N) is 3. The lowest BCUT2D eigenvalue weighted by Crippen LogP contribution is -2.36. The Bertz CT molecular complexity index is 1260. The Morgan fingerprint density at radius 2 is 1.94 bits per heavy atom. The monoisotopic (exact) mass is 495 g/mol. The number of aliphatic hydroxyl groups is 2. The molecule has 4 atom stereocenters. The molecule has 180 valence electrons. The van der Waals surface area contributed by atoms with Gasteiger partial charge in [-0.2, -0.15) is 18.0 Å². The minimum absolute atomic E-state index is 0.284. The van der Waals surface area contributed by atoms with Gasteiger partial charge < -0.3 is 15.5 Å². The molecule has 3 aromatic rings. The van der Waals surface area contributed by atoms with Gasteiger partial charge in [-0.15, -0.1) is 0 Å². The first-order valence-corrected chi connectivity index (χ1v) is 14.7. The van der Waals surface area contributed by atoms with Crippen LogP contribution in [0.4, 0.5) is 5.82 Å². The maximum Gasteiger partial charge on any atom is 0.333 e. The van der Waals surface area contributed by atoms with E-state index in [2.05, 4.69) is 45.4 Å². The fourth-order valence-electron chi connectivity index (χ4n) is 3.99. The van der Waals surface area contributed by atoms with E-state index in [1.165, 1.54) is 4.90 Å². The topological polar surface area (TPSA) is 152 Å². The highest BCUT2D eigenvalue weighted by molar-refractivity contribution is 8.32. The largest absolute Gasteiger partial charge is 0.390 e. The summed E-state index contributed by atoms with van der Waals surface area (Å²) in [5.74, 6) is -0.00270. The molecular weight excluding hydrogens is 466 g/mol. The maximum atomic E-state index is 11.1. The van der Waals surface area contributed by atoms with Crippen LogP contribution in [0.1, 0.15) is 6.42 Å². The molecule has 1 aliphatic rings. The van der Waals surface area contributed by atoms with E-state index in [0.717, 1.165) is 11.3 Å². The third kappa shape index (κ3) is 5.31. The summed E-state index contributed by atoms with van der Waals surface area (Å²) in [7, 11) is -5.02. The first-order chi connectivity index (χ1) is 15.4. The first kappa shape index (κ1) is 23.9. The Hall–Kier alpha value is -2.22. The van der Waals surface area contributed by atoms with Crippen LogP contribution in [-0.2, 0) is 14.5 Å². The lowest BCUT2D eigenvalue weighted by molar-refractivity contribution is 0.00777. The van der Waals surface area contributed by atoms with Crippen LogP contribution in [0.2, 0.25) is 0 Å². The molecule has 1 saturated carbocycles. The van der Waals surface area contributed by atoms with Crippen LogP contribution in [0.3, 0.4) is 0 Å². The van der Waals surface area contributed by atoms with Gasteiger partial charge in [-0.1, -0.05) is 18.2 Å². The molecule has 0 saturated heterocycles. The zero-order chi connectivity index (χ0) is 24.0. The van der Waals surface area contributed by atoms with Crippen LogP contribution in [-0.4, -0.2) is 76.9 Å². The molecule has 4 rings (SSSR count). The number of rotatable bonds is 7. The summed E-state index contributed by atoms with van der Waals surface area (Å²) in [6.07, 6.45) is 6.36. The van der Waals surface area contributed by atoms with Gasteiger partial charge in [0.25, 0.3) is 0 Å². The van der Waals surface area contributed by atoms with Crippen LogP contribution in [0, 0.1) is 5.92 Å². The van der Waals surface area contributed by atoms with Crippen LogP contribution in [0.15, 0.2) is 47.5 Å². The van der Waals surface area contributed by atoms with Gasteiger partial charge in [-0.25, -0.2) is 20.2 Å². The number of fused-ring (bicyclic) bond motifs is 1. The van der Waals surface area contributed by atoms with Gasteiger partial charge in [0.05, 0.1) is 24.4 Å². The molecule has 0 amide bonds. The van der Waals surface area contributed by atoms with E-state index in [1.807, 2.05) is 18.2 Å². The fourth-order valence-corrected chi connectivity index (χ4v) is 5.32. The summed E-state index contributed by atoms with van der Waals surface area (Å²) in [6.45, 7) is -0.307. The number of nitrogens with two attached hydrogens (primary N) is 1. The number of benzene rings is 1. The number of nitrogens with one attached hydrogen (secondary N) is 1. The van der Waals surface area contributed by atoms with Crippen molar-refractivity contribution in [1.29, 1.82) is 0 Å². The normalized spacial score (nSPS) is 24.3. The van der Waals surface area contributed by atoms with Gasteiger partial charge >= 0.3 is 10.3 Å². The Morgan fingerprint density at radius 1 is 1.18 bits per heavy atom. The van der Waals surface area contributed by atoms with E-state index < -0.39 is 44.5 Å². The standard InChI is InChI=1S/C21H29N5O5S2/c1-32(2,3)15-6-4-5-13(9-15)16-11-19-23-8-7-18(26(19)25-16)24-17-10-14(20(27)21(17)28)12-31-33(22,29)30/h4-9,11,14,17,20-21,24,27-28H,10,12H2,1-3H3,(H2,22,29,30)/t14-,17-,20-,21+/m1/s1. The van der Waals surface area contributed by atoms with Crippen LogP contribution in [0.25, 0.3) is 16.9 Å². The van der Waals surface area contributed by atoms with Crippen LogP contribution < -0.4 is 10.5 Å². The minimum atomic E-state index is -4.13. The highest BCUT2D eigenvalue weighted by Crippen LogP contribution is 2.46. The quantitative estimate of drug-likeness (QED) is 0.381. The Morgan fingerprint density at radius 3 is 2.64 bits per heavy atom. The van der Waals surface area contributed by atoms with Gasteiger partial charge in [0, 0.05) is 23.7 Å². The van der Waals surface area contributed by atoms with Crippen molar-refractivity contribution in [1.82, 2.24) is 14.6 Å². The summed E-state index contributed by atoms with van der Waals surface area (Å²) in [6, 6.07) is 11.4. The maximum absolute atomic E-state index is 11.1. The van der Waals surface area contributed by atoms with Crippen molar-refractivity contribution in [2.45, 2.75) is 29.6 Å². The lowest BCUT2D eigenvalue weighted by atomic mass is 10.1. The number of aromatic nitrogens is 3. The van der Waals surface area contributed by atoms with Gasteiger partial charge in [-0.3, -0.25) is 4.18 Å². The molecule has 1 fully saturated rings. The van der Waals surface area contributed by atoms with E-state index in [0.29, 0.717) is 11.5 Å². The Kier molecular flexibility index (Phi) is 6.42. The number of aliphatic hydroxyl groups excluding tert-OH is 2. The second kappa shape index (κ2) is 8.85. The highest BCUT2D eigenvalue weighted by Gasteiger charge is 2.42. The molecule has 0 radical (unpaired) electrons. The third-order valence-corrected chi connectivity index (χ3v) is 7.91. The van der Waals surface area contributed by atoms with Crippen molar-refractivity contribution < 1.29 is 22.8 Å². The molecule has 0 spiro atoms. The van der Waals surface area contributed by atoms with Gasteiger partial charge in [0.15, 0.2) is 5.65 Å². The molecule has 1 aliphatic carbocycles. The molecule has 2 heterocycles. The van der Waals surface area contributed by atoms with Crippen molar-refractivity contribution in [3.8, 4) is 11.3 Å². The van der Waals surface area contributed by atoms with Crippen molar-refractivity contribution in [3.05, 3.63) is 42.6 Å². The average molecular weight is 496 g/mol. The van der Waals surface area contributed by atoms with E-state index >= 15 is 0 Å². The molecular formula is C21H29N5O5S2. The average Bonchev–Trinajstić information content (AvgIpc) is 3.29. The fraction of sp³-hybridized carbons (Fsp3) is 0.429. The van der Waals surface area contributed by atoms with Crippen molar-refractivity contribution in [2.24, 2.45) is 11.1 Å². The first-order valence-electron chi connectivity index (χ1n) is 10.4. The molecule has 5 N–H and O–H groups in total. The van der Waals surface area contributed by atoms with Crippen molar-refractivity contribution in [2.75, 3.05) is 30.7 Å². The smallest absolute Gasteiger partial charge is 0.333 e. The molecule has 0 bridgehead atoms. The van der Waals surface area contributed by atoms with Gasteiger partial charge in [0.2, 0.25) is 0 Å². The predicted octanol–water partition coefficient (Wildman–Crippen LogP) is 1.19. The van der Waals surface area contributed by atoms with Crippen molar-refractivity contribution >= 4 is 31.8 Å². The summed E-state index contributed by atoms with van der Waals surface area (Å²) in [5.41, 5.74) is 2.39. The van der Waals surface area contributed by atoms with E-state index in [-0.39, 0.29) is 13.0 Å². The van der Waals surface area contributed by atoms with Crippen molar-refractivity contribution in [3.63, 3.8) is 0 Å². The molecule has 1 aromatic carbocycles. The zero-order valence-corrected chi connectivity index (χ0v) is 20.3. The Labute approximate surface area is 194 Å². The molecule has 2 aromatic heterocycles. The van der Waals surface area contributed by atoms with Gasteiger partial charge in [-0.05, 0) is 42.2 Å². The molecule has 0 aliphatic heterocycles. The summed E-state index contributed by atoms with van der Waals surface area (Å²) < 4.78 is 28.4. The molecule has 0 unspecified atom stereocenters. The minimum Gasteiger partial charge on any atom is -0.390 e. The summed E-state index contributed by atoms with van der Waals surface area (Å²) in [4.78, 5) is 5.67. The van der Waals surface area contributed by atoms with E-state index in [1.54, 1.807) is 16.8 Å². The summed E-state index contributed by atoms with van der Waals surface area (Å²) in [5, 5.41) is 33.6. The molecule has 33 heavy (non-hydrogen) atoms. The summed E-state index contributed by atoms with van der Waals surface area (Å²) >= 11 is 0. The number of hydrogen-bond donors (Lipinski definition) is 4. The molecule has 10 nitrogen and oxygen atoms in total. The predicted molar refractivity (Wildman–Crippen MR) is 129 cm³/mol. The van der Waals surface area contributed by atoms with E-state index in [4.69, 9.17) is 10.2 Å². The third-order valence-electron chi connectivity index (χ3n) is 5.78. The molecule has 12 heteroatoms. The second-order valence-electron chi connectivity index (χ2n) is 9.00. The number of hydrogen-bond acceptors (Lipinski definition) is 8. The lowest BCUT2D eigenvalue weighted by Gasteiger charge is -2.26. The Balaban J connectivity index is 1.58. The zero-order valence-electron chi connectivity index (χ0n) is 18.6.